The number of rotatable bonds is 8. The molecule has 3 heterocycles. The summed E-state index contributed by atoms with van der Waals surface area (Å²) >= 11 is 0. The van der Waals surface area contributed by atoms with Crippen molar-refractivity contribution < 1.29 is 14.1 Å². The van der Waals surface area contributed by atoms with Crippen molar-refractivity contribution in [3.63, 3.8) is 0 Å². The van der Waals surface area contributed by atoms with Gasteiger partial charge in [0.15, 0.2) is 0 Å². The fraction of sp³-hybridized carbons (Fsp3) is 0.391. The van der Waals surface area contributed by atoms with Crippen LogP contribution in [0.3, 0.4) is 0 Å². The van der Waals surface area contributed by atoms with E-state index >= 15 is 0 Å². The monoisotopic (exact) mass is 421 g/mol. The number of aryl methyl sites for hydroxylation is 2. The third kappa shape index (κ3) is 5.27. The average molecular weight is 422 g/mol. The van der Waals surface area contributed by atoms with E-state index in [1.807, 2.05) is 32.0 Å². The normalized spacial score (nSPS) is 14.0. The zero-order chi connectivity index (χ0) is 21.6. The van der Waals surface area contributed by atoms with Crippen LogP contribution in [-0.2, 0) is 11.2 Å². The van der Waals surface area contributed by atoms with Gasteiger partial charge in [-0.05, 0) is 58.0 Å². The van der Waals surface area contributed by atoms with Crippen molar-refractivity contribution >= 4 is 11.6 Å². The maximum Gasteiger partial charge on any atom is 0.232 e. The van der Waals surface area contributed by atoms with Gasteiger partial charge < -0.3 is 14.6 Å². The molecule has 3 aromatic rings. The van der Waals surface area contributed by atoms with E-state index in [0.717, 1.165) is 47.9 Å². The van der Waals surface area contributed by atoms with E-state index in [-0.39, 0.29) is 12.3 Å². The molecule has 0 saturated carbocycles. The Morgan fingerprint density at radius 1 is 1.16 bits per heavy atom. The number of carbonyl (C=O) groups excluding carboxylic acids is 1. The summed E-state index contributed by atoms with van der Waals surface area (Å²) in [5.41, 5.74) is 4.19. The van der Waals surface area contributed by atoms with E-state index in [1.165, 1.54) is 19.0 Å². The lowest BCUT2D eigenvalue weighted by Crippen LogP contribution is -2.25. The number of anilines is 1. The Morgan fingerprint density at radius 3 is 2.65 bits per heavy atom. The van der Waals surface area contributed by atoms with Gasteiger partial charge in [0.25, 0.3) is 0 Å². The first-order chi connectivity index (χ1) is 15.1. The second kappa shape index (κ2) is 9.70. The minimum Gasteiger partial charge on any atom is -0.492 e. The lowest BCUT2D eigenvalue weighted by atomic mass is 10.0. The molecule has 1 aliphatic heterocycles. The number of benzene rings is 1. The van der Waals surface area contributed by atoms with Crippen LogP contribution in [0.4, 0.5) is 5.69 Å². The number of carbonyl (C=O) groups is 1. The zero-order valence-corrected chi connectivity index (χ0v) is 17.9. The molecule has 0 unspecified atom stereocenters. The Hall–Kier alpha value is -3.26. The molecule has 162 valence electrons. The summed E-state index contributed by atoms with van der Waals surface area (Å²) < 4.78 is 11.2. The number of hydrogen-bond donors (Lipinski definition) is 1. The van der Waals surface area contributed by atoms with Gasteiger partial charge in [-0.25, -0.2) is 9.97 Å². The highest BCUT2D eigenvalue weighted by molar-refractivity contribution is 5.93. The SMILES string of the molecule is Cc1ncnc(C)c1-c1cc(NC(=O)Cc2ccno2)ccc1OCCN1CCCC1. The Morgan fingerprint density at radius 2 is 1.94 bits per heavy atom. The zero-order valence-electron chi connectivity index (χ0n) is 17.9. The van der Waals surface area contributed by atoms with E-state index in [4.69, 9.17) is 9.26 Å². The average Bonchev–Trinajstić information content (AvgIpc) is 3.43. The molecule has 0 spiro atoms. The van der Waals surface area contributed by atoms with E-state index < -0.39 is 0 Å². The van der Waals surface area contributed by atoms with E-state index in [1.54, 1.807) is 12.4 Å². The van der Waals surface area contributed by atoms with Crippen molar-refractivity contribution in [3.8, 4) is 16.9 Å². The summed E-state index contributed by atoms with van der Waals surface area (Å²) in [7, 11) is 0. The third-order valence-electron chi connectivity index (χ3n) is 5.45. The molecule has 1 N–H and O–H groups in total. The number of nitrogens with one attached hydrogen (secondary N) is 1. The van der Waals surface area contributed by atoms with Gasteiger partial charge in [0.2, 0.25) is 5.91 Å². The quantitative estimate of drug-likeness (QED) is 0.596. The molecule has 0 radical (unpaired) electrons. The molecule has 1 fully saturated rings. The van der Waals surface area contributed by atoms with Crippen molar-refractivity contribution in [2.75, 3.05) is 31.6 Å². The first kappa shape index (κ1) is 21.0. The van der Waals surface area contributed by atoms with Gasteiger partial charge in [0, 0.05) is 40.8 Å². The molecule has 4 rings (SSSR count). The van der Waals surface area contributed by atoms with Crippen LogP contribution in [-0.4, -0.2) is 52.2 Å². The molecule has 0 aliphatic carbocycles. The molecule has 2 aromatic heterocycles. The first-order valence-corrected chi connectivity index (χ1v) is 10.6. The van der Waals surface area contributed by atoms with Crippen molar-refractivity contribution in [1.82, 2.24) is 20.0 Å². The molecule has 1 aliphatic rings. The summed E-state index contributed by atoms with van der Waals surface area (Å²) in [6.45, 7) is 7.68. The van der Waals surface area contributed by atoms with Crippen LogP contribution < -0.4 is 10.1 Å². The Kier molecular flexibility index (Phi) is 6.57. The minimum atomic E-state index is -0.178. The van der Waals surface area contributed by atoms with Crippen LogP contribution in [0.1, 0.15) is 30.0 Å². The number of hydrogen-bond acceptors (Lipinski definition) is 7. The van der Waals surface area contributed by atoms with E-state index in [0.29, 0.717) is 18.1 Å². The van der Waals surface area contributed by atoms with Gasteiger partial charge >= 0.3 is 0 Å². The summed E-state index contributed by atoms with van der Waals surface area (Å²) in [5.74, 6) is 1.10. The Bertz CT molecular complexity index is 1010. The highest BCUT2D eigenvalue weighted by atomic mass is 16.5. The predicted molar refractivity (Wildman–Crippen MR) is 117 cm³/mol. The Balaban J connectivity index is 1.56. The van der Waals surface area contributed by atoms with Crippen LogP contribution in [0.15, 0.2) is 41.3 Å². The fourth-order valence-electron chi connectivity index (χ4n) is 3.90. The smallest absolute Gasteiger partial charge is 0.232 e. The lowest BCUT2D eigenvalue weighted by molar-refractivity contribution is -0.115. The number of likely N-dealkylation sites (tertiary alicyclic amines) is 1. The highest BCUT2D eigenvalue weighted by Gasteiger charge is 2.17. The standard InChI is InChI=1S/C23H27N5O3/c1-16-23(17(2)25-15-24-16)20-13-18(27-22(29)14-19-7-8-26-31-19)5-6-21(20)30-12-11-28-9-3-4-10-28/h5-8,13,15H,3-4,9-12,14H2,1-2H3,(H,27,29). The summed E-state index contributed by atoms with van der Waals surface area (Å²) in [5, 5.41) is 6.56. The fourth-order valence-corrected chi connectivity index (χ4v) is 3.90. The van der Waals surface area contributed by atoms with Crippen molar-refractivity contribution in [1.29, 1.82) is 0 Å². The van der Waals surface area contributed by atoms with Crippen LogP contribution in [0.5, 0.6) is 5.75 Å². The van der Waals surface area contributed by atoms with Crippen molar-refractivity contribution in [2.24, 2.45) is 0 Å². The summed E-state index contributed by atoms with van der Waals surface area (Å²) in [4.78, 5) is 23.5. The first-order valence-electron chi connectivity index (χ1n) is 10.6. The second-order valence-electron chi connectivity index (χ2n) is 7.73. The van der Waals surface area contributed by atoms with Gasteiger partial charge in [-0.3, -0.25) is 9.69 Å². The van der Waals surface area contributed by atoms with Gasteiger partial charge in [-0.1, -0.05) is 5.16 Å². The maximum absolute atomic E-state index is 12.4. The van der Waals surface area contributed by atoms with Crippen molar-refractivity contribution in [3.05, 3.63) is 53.9 Å². The molecule has 0 bridgehead atoms. The number of aromatic nitrogens is 3. The minimum absolute atomic E-state index is 0.121. The topological polar surface area (TPSA) is 93.4 Å². The number of nitrogens with zero attached hydrogens (tertiary/aromatic N) is 4. The van der Waals surface area contributed by atoms with Crippen LogP contribution in [0.25, 0.3) is 11.1 Å². The van der Waals surface area contributed by atoms with Crippen LogP contribution in [0.2, 0.25) is 0 Å². The number of amides is 1. The van der Waals surface area contributed by atoms with Gasteiger partial charge in [0.1, 0.15) is 24.4 Å². The third-order valence-corrected chi connectivity index (χ3v) is 5.45. The molecule has 1 aromatic carbocycles. The van der Waals surface area contributed by atoms with E-state index in [2.05, 4.69) is 25.3 Å². The Labute approximate surface area is 181 Å². The summed E-state index contributed by atoms with van der Waals surface area (Å²) in [6, 6.07) is 7.34. The van der Waals surface area contributed by atoms with Gasteiger partial charge in [-0.15, -0.1) is 0 Å². The maximum atomic E-state index is 12.4. The highest BCUT2D eigenvalue weighted by Crippen LogP contribution is 2.35. The van der Waals surface area contributed by atoms with Gasteiger partial charge in [0.05, 0.1) is 12.6 Å². The molecular weight excluding hydrogens is 394 g/mol. The molecule has 1 amide bonds. The number of ether oxygens (including phenoxy) is 1. The van der Waals surface area contributed by atoms with Crippen molar-refractivity contribution in [2.45, 2.75) is 33.1 Å². The van der Waals surface area contributed by atoms with Gasteiger partial charge in [-0.2, -0.15) is 0 Å². The lowest BCUT2D eigenvalue weighted by Gasteiger charge is -2.18. The van der Waals surface area contributed by atoms with Crippen LogP contribution in [0, 0.1) is 13.8 Å². The second-order valence-corrected chi connectivity index (χ2v) is 7.73. The molecular formula is C23H27N5O3. The van der Waals surface area contributed by atoms with Crippen LogP contribution >= 0.6 is 0 Å². The predicted octanol–water partition coefficient (Wildman–Crippen LogP) is 3.40. The summed E-state index contributed by atoms with van der Waals surface area (Å²) in [6.07, 6.45) is 5.72. The largest absolute Gasteiger partial charge is 0.492 e. The molecule has 8 heteroatoms. The van der Waals surface area contributed by atoms with E-state index in [9.17, 15) is 4.79 Å². The molecule has 1 saturated heterocycles. The molecule has 31 heavy (non-hydrogen) atoms. The molecule has 8 nitrogen and oxygen atoms in total. The molecule has 0 atom stereocenters.